The minimum Gasteiger partial charge on any atom is -0.326 e. The van der Waals surface area contributed by atoms with Gasteiger partial charge in [0.2, 0.25) is 15.9 Å². The van der Waals surface area contributed by atoms with Crippen LogP contribution in [0.2, 0.25) is 5.02 Å². The second-order valence-electron chi connectivity index (χ2n) is 6.56. The van der Waals surface area contributed by atoms with Crippen LogP contribution in [0, 0.1) is 0 Å². The summed E-state index contributed by atoms with van der Waals surface area (Å²) in [4.78, 5) is 11.0. The van der Waals surface area contributed by atoms with E-state index in [-0.39, 0.29) is 26.4 Å². The fourth-order valence-electron chi connectivity index (χ4n) is 2.94. The molecule has 0 aliphatic carbocycles. The maximum Gasteiger partial charge on any atom is 0.261 e. The van der Waals surface area contributed by atoms with Gasteiger partial charge in [-0.05, 0) is 55.3 Å². The van der Waals surface area contributed by atoms with Crippen LogP contribution >= 0.6 is 11.6 Å². The SMILES string of the molecule is CC(=O)Nc1ccc(S(=O)(=O)Nc2cc(S(=O)(=O)N3CCCC3)ccc2Cl)cc1. The molecule has 2 aromatic carbocycles. The zero-order valence-electron chi connectivity index (χ0n) is 15.6. The van der Waals surface area contributed by atoms with Gasteiger partial charge in [0.25, 0.3) is 10.0 Å². The van der Waals surface area contributed by atoms with Gasteiger partial charge in [-0.3, -0.25) is 9.52 Å². The lowest BCUT2D eigenvalue weighted by atomic mass is 10.3. The van der Waals surface area contributed by atoms with Gasteiger partial charge in [-0.1, -0.05) is 11.6 Å². The number of hydrogen-bond donors (Lipinski definition) is 2. The Kier molecular flexibility index (Phi) is 6.18. The molecule has 0 saturated carbocycles. The average Bonchev–Trinajstić information content (AvgIpc) is 3.19. The van der Waals surface area contributed by atoms with E-state index in [0.29, 0.717) is 18.8 Å². The predicted octanol–water partition coefficient (Wildman–Crippen LogP) is 2.88. The van der Waals surface area contributed by atoms with E-state index in [2.05, 4.69) is 10.0 Å². The number of nitrogens with one attached hydrogen (secondary N) is 2. The van der Waals surface area contributed by atoms with Gasteiger partial charge >= 0.3 is 0 Å². The van der Waals surface area contributed by atoms with Gasteiger partial charge in [0.15, 0.2) is 0 Å². The van der Waals surface area contributed by atoms with Crippen molar-refractivity contribution in [2.75, 3.05) is 23.1 Å². The number of halogens is 1. The van der Waals surface area contributed by atoms with Crippen LogP contribution in [0.4, 0.5) is 11.4 Å². The lowest BCUT2D eigenvalue weighted by molar-refractivity contribution is -0.114. The normalized spacial score (nSPS) is 15.2. The summed E-state index contributed by atoms with van der Waals surface area (Å²) in [6, 6.07) is 9.48. The molecule has 1 aliphatic rings. The van der Waals surface area contributed by atoms with Crippen molar-refractivity contribution >= 4 is 48.9 Å². The summed E-state index contributed by atoms with van der Waals surface area (Å²) in [5.74, 6) is -0.276. The Morgan fingerprint density at radius 3 is 2.14 bits per heavy atom. The summed E-state index contributed by atoms with van der Waals surface area (Å²) in [7, 11) is -7.73. The quantitative estimate of drug-likeness (QED) is 0.692. The largest absolute Gasteiger partial charge is 0.326 e. The first-order valence-corrected chi connectivity index (χ1v) is 12.1. The zero-order valence-corrected chi connectivity index (χ0v) is 17.9. The highest BCUT2D eigenvalue weighted by Crippen LogP contribution is 2.30. The van der Waals surface area contributed by atoms with E-state index in [1.54, 1.807) is 0 Å². The second kappa shape index (κ2) is 8.31. The maximum absolute atomic E-state index is 12.7. The molecule has 2 N–H and O–H groups in total. The second-order valence-corrected chi connectivity index (χ2v) is 10.6. The number of carbonyl (C=O) groups is 1. The molecule has 2 aromatic rings. The standard InChI is InChI=1S/C18H20ClN3O5S2/c1-13(23)20-14-4-6-15(7-5-14)28(24,25)21-18-12-16(8-9-17(18)19)29(26,27)22-10-2-3-11-22/h4-9,12,21H,2-3,10-11H2,1H3,(H,20,23). The van der Waals surface area contributed by atoms with Crippen LogP contribution in [-0.4, -0.2) is 40.1 Å². The summed E-state index contributed by atoms with van der Waals surface area (Å²) in [6.07, 6.45) is 1.58. The molecule has 1 aliphatic heterocycles. The number of anilines is 2. The van der Waals surface area contributed by atoms with Crippen LogP contribution in [0.25, 0.3) is 0 Å². The molecule has 29 heavy (non-hydrogen) atoms. The van der Waals surface area contributed by atoms with Crippen LogP contribution in [0.15, 0.2) is 52.3 Å². The van der Waals surface area contributed by atoms with Crippen molar-refractivity contribution in [3.63, 3.8) is 0 Å². The third-order valence-corrected chi connectivity index (χ3v) is 7.98. The molecule has 11 heteroatoms. The minimum absolute atomic E-state index is 0.0255. The minimum atomic E-state index is -4.02. The highest BCUT2D eigenvalue weighted by atomic mass is 35.5. The number of sulfonamides is 2. The van der Waals surface area contributed by atoms with Gasteiger partial charge in [-0.2, -0.15) is 4.31 Å². The molecule has 0 spiro atoms. The molecule has 0 radical (unpaired) electrons. The molecule has 1 heterocycles. The van der Waals surface area contributed by atoms with Crippen molar-refractivity contribution in [1.29, 1.82) is 0 Å². The zero-order chi connectivity index (χ0) is 21.2. The van der Waals surface area contributed by atoms with Gasteiger partial charge in [0, 0.05) is 25.7 Å². The molecule has 8 nitrogen and oxygen atoms in total. The lowest BCUT2D eigenvalue weighted by Gasteiger charge is -2.17. The topological polar surface area (TPSA) is 113 Å². The third-order valence-electron chi connectivity index (χ3n) is 4.37. The van der Waals surface area contributed by atoms with Crippen molar-refractivity contribution in [2.45, 2.75) is 29.6 Å². The molecule has 0 bridgehead atoms. The number of carbonyl (C=O) groups excluding carboxylic acids is 1. The van der Waals surface area contributed by atoms with Crippen LogP contribution in [-0.2, 0) is 24.8 Å². The van der Waals surface area contributed by atoms with Gasteiger partial charge < -0.3 is 5.32 Å². The third kappa shape index (κ3) is 4.89. The number of amides is 1. The predicted molar refractivity (Wildman–Crippen MR) is 111 cm³/mol. The van der Waals surface area contributed by atoms with E-state index in [1.807, 2.05) is 0 Å². The maximum atomic E-state index is 12.7. The monoisotopic (exact) mass is 457 g/mol. The first-order chi connectivity index (χ1) is 13.6. The molecule has 0 atom stereocenters. The van der Waals surface area contributed by atoms with Crippen molar-refractivity contribution in [3.05, 3.63) is 47.5 Å². The molecule has 1 fully saturated rings. The summed E-state index contributed by atoms with van der Waals surface area (Å²) >= 11 is 6.10. The van der Waals surface area contributed by atoms with Gasteiger partial charge in [0.1, 0.15) is 0 Å². The summed E-state index contributed by atoms with van der Waals surface area (Å²) in [5, 5.41) is 2.62. The highest BCUT2D eigenvalue weighted by Gasteiger charge is 2.28. The smallest absolute Gasteiger partial charge is 0.261 e. The fraction of sp³-hybridized carbons (Fsp3) is 0.278. The van der Waals surface area contributed by atoms with E-state index in [9.17, 15) is 21.6 Å². The molecule has 3 rings (SSSR count). The first kappa shape index (κ1) is 21.6. The molecule has 1 amide bonds. The van der Waals surface area contributed by atoms with E-state index in [1.165, 1.54) is 53.7 Å². The Morgan fingerprint density at radius 1 is 0.966 bits per heavy atom. The number of hydrogen-bond acceptors (Lipinski definition) is 5. The lowest BCUT2D eigenvalue weighted by Crippen LogP contribution is -2.28. The van der Waals surface area contributed by atoms with Crippen molar-refractivity contribution in [1.82, 2.24) is 4.31 Å². The number of rotatable bonds is 6. The Hall–Kier alpha value is -2.14. The molecule has 156 valence electrons. The number of nitrogens with zero attached hydrogens (tertiary/aromatic N) is 1. The van der Waals surface area contributed by atoms with E-state index < -0.39 is 20.0 Å². The highest BCUT2D eigenvalue weighted by molar-refractivity contribution is 7.92. The van der Waals surface area contributed by atoms with Crippen molar-refractivity contribution < 1.29 is 21.6 Å². The molecule has 0 aromatic heterocycles. The summed E-state index contributed by atoms with van der Waals surface area (Å²) in [5.41, 5.74) is 0.422. The Bertz CT molecular complexity index is 1130. The average molecular weight is 458 g/mol. The van der Waals surface area contributed by atoms with Crippen LogP contribution in [0.1, 0.15) is 19.8 Å². The van der Waals surface area contributed by atoms with Crippen molar-refractivity contribution in [2.24, 2.45) is 0 Å². The first-order valence-electron chi connectivity index (χ1n) is 8.80. The van der Waals surface area contributed by atoms with Gasteiger partial charge in [0.05, 0.1) is 20.5 Å². The Labute approximate surface area is 175 Å². The van der Waals surface area contributed by atoms with Gasteiger partial charge in [-0.15, -0.1) is 0 Å². The Morgan fingerprint density at radius 2 is 1.55 bits per heavy atom. The molecular formula is C18H20ClN3O5S2. The van der Waals surface area contributed by atoms with Crippen LogP contribution in [0.3, 0.4) is 0 Å². The molecule has 1 saturated heterocycles. The molecule has 0 unspecified atom stereocenters. The van der Waals surface area contributed by atoms with Crippen molar-refractivity contribution in [3.8, 4) is 0 Å². The summed E-state index contributed by atoms with van der Waals surface area (Å²) in [6.45, 7) is 2.22. The molecular weight excluding hydrogens is 438 g/mol. The Balaban J connectivity index is 1.88. The summed E-state index contributed by atoms with van der Waals surface area (Å²) < 4.78 is 54.5. The fourth-order valence-corrected chi connectivity index (χ4v) is 5.78. The van der Waals surface area contributed by atoms with E-state index in [4.69, 9.17) is 11.6 Å². The van der Waals surface area contributed by atoms with Crippen LogP contribution in [0.5, 0.6) is 0 Å². The van der Waals surface area contributed by atoms with Gasteiger partial charge in [-0.25, -0.2) is 16.8 Å². The van der Waals surface area contributed by atoms with E-state index in [0.717, 1.165) is 12.8 Å². The van der Waals surface area contributed by atoms with Crippen LogP contribution < -0.4 is 10.0 Å². The number of benzene rings is 2. The van der Waals surface area contributed by atoms with E-state index >= 15 is 0 Å².